The van der Waals surface area contributed by atoms with Gasteiger partial charge in [0, 0.05) is 17.8 Å². The number of hydrogen-bond donors (Lipinski definition) is 4. The number of hydrogen-bond acceptors (Lipinski definition) is 4. The first-order chi connectivity index (χ1) is 8.36. The smallest absolute Gasteiger partial charge is 0.325 e. The van der Waals surface area contributed by atoms with Crippen molar-refractivity contribution in [2.75, 3.05) is 0 Å². The number of carbonyl (C=O) groups is 2. The highest BCUT2D eigenvalue weighted by atomic mass is 16.4. The van der Waals surface area contributed by atoms with Crippen LogP contribution in [-0.4, -0.2) is 33.0 Å². The molecule has 8 nitrogen and oxygen atoms in total. The Bertz CT molecular complexity index is 531. The lowest BCUT2D eigenvalue weighted by Crippen LogP contribution is -2.36. The molecule has 1 amide bonds. The second kappa shape index (κ2) is 5.80. The topological polar surface area (TPSA) is 132 Å². The monoisotopic (exact) mass is 255 g/mol. The van der Waals surface area contributed by atoms with Gasteiger partial charge in [0.25, 0.3) is 5.56 Å². The zero-order valence-electron chi connectivity index (χ0n) is 9.65. The summed E-state index contributed by atoms with van der Waals surface area (Å²) in [5.41, 5.74) is -1.12. The first-order valence-electron chi connectivity index (χ1n) is 5.20. The molecule has 1 heterocycles. The Kier molecular flexibility index (Phi) is 4.41. The highest BCUT2D eigenvalue weighted by Gasteiger charge is 2.11. The molecule has 0 saturated heterocycles. The molecule has 1 aromatic rings. The largest absolute Gasteiger partial charge is 0.481 e. The van der Waals surface area contributed by atoms with E-state index >= 15 is 0 Å². The number of aliphatic carboxylic acids is 1. The molecule has 0 aliphatic carbocycles. The molecular weight excluding hydrogens is 242 g/mol. The number of carbonyl (C=O) groups excluding carboxylic acids is 1. The van der Waals surface area contributed by atoms with Crippen molar-refractivity contribution in [3.8, 4) is 0 Å². The van der Waals surface area contributed by atoms with Gasteiger partial charge in [-0.3, -0.25) is 19.4 Å². The van der Waals surface area contributed by atoms with Crippen LogP contribution in [0, 0.1) is 0 Å². The van der Waals surface area contributed by atoms with E-state index in [4.69, 9.17) is 5.11 Å². The van der Waals surface area contributed by atoms with Gasteiger partial charge in [-0.25, -0.2) is 4.79 Å². The second-order valence-electron chi connectivity index (χ2n) is 3.86. The van der Waals surface area contributed by atoms with Crippen LogP contribution in [0.3, 0.4) is 0 Å². The van der Waals surface area contributed by atoms with Crippen molar-refractivity contribution in [3.63, 3.8) is 0 Å². The van der Waals surface area contributed by atoms with Gasteiger partial charge in [0.2, 0.25) is 5.91 Å². The van der Waals surface area contributed by atoms with Gasteiger partial charge in [-0.15, -0.1) is 0 Å². The summed E-state index contributed by atoms with van der Waals surface area (Å²) in [7, 11) is 0. The van der Waals surface area contributed by atoms with E-state index in [1.165, 1.54) is 0 Å². The van der Waals surface area contributed by atoms with Crippen LogP contribution in [0.2, 0.25) is 0 Å². The Balaban J connectivity index is 2.62. The maximum Gasteiger partial charge on any atom is 0.325 e. The van der Waals surface area contributed by atoms with Gasteiger partial charge in [-0.2, -0.15) is 0 Å². The van der Waals surface area contributed by atoms with Gasteiger partial charge < -0.3 is 15.4 Å². The summed E-state index contributed by atoms with van der Waals surface area (Å²) in [5.74, 6) is -1.49. The SMILES string of the molecule is CC(CC(=O)O)NC(=O)Cc1cc(=O)[nH]c(=O)[nH]1. The molecule has 0 bridgehead atoms. The van der Waals surface area contributed by atoms with Crippen LogP contribution in [-0.2, 0) is 16.0 Å². The van der Waals surface area contributed by atoms with E-state index in [0.29, 0.717) is 0 Å². The average molecular weight is 255 g/mol. The predicted octanol–water partition coefficient (Wildman–Crippen LogP) is -1.41. The van der Waals surface area contributed by atoms with E-state index in [2.05, 4.69) is 10.3 Å². The summed E-state index contributed by atoms with van der Waals surface area (Å²) in [6.45, 7) is 1.55. The first kappa shape index (κ1) is 13.7. The summed E-state index contributed by atoms with van der Waals surface area (Å²) in [6, 6.07) is 0.576. The number of amides is 1. The van der Waals surface area contributed by atoms with E-state index < -0.39 is 29.2 Å². The molecule has 0 fully saturated rings. The van der Waals surface area contributed by atoms with Gasteiger partial charge >= 0.3 is 11.7 Å². The van der Waals surface area contributed by atoms with E-state index in [1.54, 1.807) is 6.92 Å². The standard InChI is InChI=1S/C10H13N3O5/c1-5(2-9(16)17)11-7(14)3-6-4-8(15)13-10(18)12-6/h4-5H,2-3H2,1H3,(H,11,14)(H,16,17)(H2,12,13,15,18). The van der Waals surface area contributed by atoms with Crippen molar-refractivity contribution in [1.29, 1.82) is 0 Å². The number of carboxylic acids is 1. The Labute approximate surface area is 101 Å². The third kappa shape index (κ3) is 4.64. The minimum atomic E-state index is -1.02. The molecule has 0 radical (unpaired) electrons. The van der Waals surface area contributed by atoms with Crippen molar-refractivity contribution in [2.24, 2.45) is 0 Å². The van der Waals surface area contributed by atoms with E-state index in [9.17, 15) is 19.2 Å². The predicted molar refractivity (Wildman–Crippen MR) is 61.2 cm³/mol. The number of rotatable bonds is 5. The maximum absolute atomic E-state index is 11.5. The number of aromatic nitrogens is 2. The second-order valence-corrected chi connectivity index (χ2v) is 3.86. The minimum absolute atomic E-state index is 0.170. The number of nitrogens with one attached hydrogen (secondary N) is 3. The van der Waals surface area contributed by atoms with Gasteiger partial charge in [-0.1, -0.05) is 0 Å². The summed E-state index contributed by atoms with van der Waals surface area (Å²) >= 11 is 0. The Morgan fingerprint density at radius 3 is 2.61 bits per heavy atom. The first-order valence-corrected chi connectivity index (χ1v) is 5.20. The van der Waals surface area contributed by atoms with Crippen LogP contribution in [0.5, 0.6) is 0 Å². The third-order valence-electron chi connectivity index (χ3n) is 2.06. The maximum atomic E-state index is 11.5. The van der Waals surface area contributed by atoms with Crippen molar-refractivity contribution in [3.05, 3.63) is 32.6 Å². The number of aromatic amines is 2. The molecule has 1 aromatic heterocycles. The summed E-state index contributed by atoms with van der Waals surface area (Å²) in [4.78, 5) is 48.1. The molecule has 0 aromatic carbocycles. The van der Waals surface area contributed by atoms with Crippen molar-refractivity contribution in [2.45, 2.75) is 25.8 Å². The number of H-pyrrole nitrogens is 2. The molecule has 18 heavy (non-hydrogen) atoms. The summed E-state index contributed by atoms with van der Waals surface area (Å²) < 4.78 is 0. The summed E-state index contributed by atoms with van der Waals surface area (Å²) in [6.07, 6.45) is -0.388. The zero-order chi connectivity index (χ0) is 13.7. The van der Waals surface area contributed by atoms with Gasteiger partial charge in [0.1, 0.15) is 0 Å². The molecule has 1 rings (SSSR count). The van der Waals surface area contributed by atoms with Crippen molar-refractivity contribution >= 4 is 11.9 Å². The highest BCUT2D eigenvalue weighted by Crippen LogP contribution is 1.93. The Morgan fingerprint density at radius 2 is 2.06 bits per heavy atom. The Hall–Kier alpha value is -2.38. The van der Waals surface area contributed by atoms with Crippen LogP contribution >= 0.6 is 0 Å². The van der Waals surface area contributed by atoms with Crippen LogP contribution in [0.15, 0.2) is 15.7 Å². The van der Waals surface area contributed by atoms with E-state index in [0.717, 1.165) is 6.07 Å². The van der Waals surface area contributed by atoms with Crippen molar-refractivity contribution < 1.29 is 14.7 Å². The normalized spacial score (nSPS) is 11.8. The molecule has 4 N–H and O–H groups in total. The third-order valence-corrected chi connectivity index (χ3v) is 2.06. The zero-order valence-corrected chi connectivity index (χ0v) is 9.65. The van der Waals surface area contributed by atoms with Crippen LogP contribution in [0.1, 0.15) is 19.0 Å². The fourth-order valence-corrected chi connectivity index (χ4v) is 1.43. The fourth-order valence-electron chi connectivity index (χ4n) is 1.43. The van der Waals surface area contributed by atoms with Gasteiger partial charge in [0.15, 0.2) is 0 Å². The quantitative estimate of drug-likeness (QED) is 0.513. The lowest BCUT2D eigenvalue weighted by Gasteiger charge is -2.11. The Morgan fingerprint density at radius 1 is 1.39 bits per heavy atom. The van der Waals surface area contributed by atoms with Crippen LogP contribution in [0.25, 0.3) is 0 Å². The van der Waals surface area contributed by atoms with Gasteiger partial charge in [-0.05, 0) is 6.92 Å². The fraction of sp³-hybridized carbons (Fsp3) is 0.400. The van der Waals surface area contributed by atoms with Crippen LogP contribution < -0.4 is 16.6 Å². The molecule has 98 valence electrons. The van der Waals surface area contributed by atoms with E-state index in [1.807, 2.05) is 4.98 Å². The molecule has 0 spiro atoms. The highest BCUT2D eigenvalue weighted by molar-refractivity contribution is 5.79. The number of carboxylic acid groups (broad SMARTS) is 1. The molecule has 8 heteroatoms. The van der Waals surface area contributed by atoms with E-state index in [-0.39, 0.29) is 18.5 Å². The molecular formula is C10H13N3O5. The molecule has 1 atom stereocenters. The van der Waals surface area contributed by atoms with Crippen LogP contribution in [0.4, 0.5) is 0 Å². The average Bonchev–Trinajstić information content (AvgIpc) is 2.12. The van der Waals surface area contributed by atoms with Gasteiger partial charge in [0.05, 0.1) is 12.8 Å². The molecule has 0 aliphatic rings. The molecule has 0 aliphatic heterocycles. The molecule has 1 unspecified atom stereocenters. The minimum Gasteiger partial charge on any atom is -0.481 e. The van der Waals surface area contributed by atoms with Crippen molar-refractivity contribution in [1.82, 2.24) is 15.3 Å². The molecule has 0 saturated carbocycles. The lowest BCUT2D eigenvalue weighted by molar-refractivity contribution is -0.137. The summed E-state index contributed by atoms with van der Waals surface area (Å²) in [5, 5.41) is 11.0. The lowest BCUT2D eigenvalue weighted by atomic mass is 10.2.